The third-order valence-corrected chi connectivity index (χ3v) is 22.2. The minimum absolute atomic E-state index is 0.0656. The molecule has 5 heterocycles. The number of aliphatic hydroxyl groups excluding tert-OH is 10. The van der Waals surface area contributed by atoms with E-state index in [1.807, 2.05) is 0 Å². The van der Waals surface area contributed by atoms with Crippen molar-refractivity contribution in [2.24, 2.45) is 0 Å². The largest absolute Gasteiger partial charge is 0.394 e. The van der Waals surface area contributed by atoms with Crippen LogP contribution in [-0.2, 0) is 104 Å². The van der Waals surface area contributed by atoms with Gasteiger partial charge in [0.15, 0.2) is 18.9 Å². The van der Waals surface area contributed by atoms with Gasteiger partial charge in [0.2, 0.25) is 65.0 Å². The molecule has 5 rings (SSSR count). The summed E-state index contributed by atoms with van der Waals surface area (Å²) in [7, 11) is -3.19. The maximum atomic E-state index is 14.5. The van der Waals surface area contributed by atoms with Crippen molar-refractivity contribution in [3.05, 3.63) is 0 Å². The average Bonchev–Trinajstić information content (AvgIpc) is 1.47. The fourth-order valence-electron chi connectivity index (χ4n) is 15.1. The Labute approximate surface area is 730 Å². The predicted molar refractivity (Wildman–Crippen MR) is 441 cm³/mol. The van der Waals surface area contributed by atoms with Crippen molar-refractivity contribution in [2.45, 2.75) is 316 Å². The quantitative estimate of drug-likeness (QED) is 0.0200. The molecule has 0 spiro atoms. The van der Waals surface area contributed by atoms with Crippen molar-refractivity contribution >= 4 is 73.2 Å². The number of β-amino-alcohol motifs (C(OH)–C–C–N with tert-alkyl or cyclic N) is 1. The highest BCUT2D eigenvalue weighted by Crippen LogP contribution is 2.30. The van der Waals surface area contributed by atoms with E-state index in [9.17, 15) is 108 Å². The van der Waals surface area contributed by atoms with Gasteiger partial charge in [-0.2, -0.15) is 0 Å². The van der Waals surface area contributed by atoms with Crippen LogP contribution >= 0.6 is 8.25 Å². The van der Waals surface area contributed by atoms with Gasteiger partial charge in [-0.05, 0) is 83.5 Å². The van der Waals surface area contributed by atoms with Crippen molar-refractivity contribution in [2.75, 3.05) is 125 Å². The van der Waals surface area contributed by atoms with Crippen LogP contribution in [0.1, 0.15) is 194 Å². The minimum Gasteiger partial charge on any atom is -0.394 e. The van der Waals surface area contributed by atoms with Crippen LogP contribution in [0.15, 0.2) is 0 Å². The Balaban J connectivity index is 1.14. The summed E-state index contributed by atoms with van der Waals surface area (Å²) in [6, 6.07) is -4.60. The Morgan fingerprint density at radius 3 is 1.08 bits per heavy atom. The van der Waals surface area contributed by atoms with Gasteiger partial charge < -0.3 is 161 Å². The normalized spacial score (nSPS) is 27.0. The van der Waals surface area contributed by atoms with Gasteiger partial charge in [-0.1, -0.05) is 38.5 Å². The Bertz CT molecular complexity index is 3220. The van der Waals surface area contributed by atoms with E-state index in [2.05, 4.69) is 47.9 Å². The number of carbonyl (C=O) groups is 11. The minimum atomic E-state index is -3.19. The number of ether oxygens (including phenoxy) is 9. The summed E-state index contributed by atoms with van der Waals surface area (Å²) in [5.74, 6) is -3.70. The fraction of sp³-hybridized carbons (Fsp3) is 0.863. The van der Waals surface area contributed by atoms with Crippen molar-refractivity contribution in [1.29, 1.82) is 0 Å². The van der Waals surface area contributed by atoms with Crippen molar-refractivity contribution in [3.63, 3.8) is 0 Å². The molecule has 5 fully saturated rings. The first-order valence-corrected chi connectivity index (χ1v) is 45.3. The molecule has 0 aliphatic carbocycles. The third kappa shape index (κ3) is 41.9. The lowest BCUT2D eigenvalue weighted by Crippen LogP contribution is -2.64. The SMILES string of the molecule is CC(=O)N[C@H]1[C@H](OCCCCC(=O)NCCCNC(=O)CCOC[C@@H]2[C@@H](OCCC(=O)NCCCNC(=O)CCCCO[C@@H]3O[C@H](CO)[C@H](O)[C@H](O)[C@H]3NC(C)=O)[C@H](OCCC(=O)NCCCNC(=O)CCCCO[C@@H]3O[C@H](CO)[C@H](O)[C@H](O)[C@H]3NC(C)=O)CCN2C(=O)CCCCCCCCCCC(=O)N2C[C@H](O)C[C@H]2CO[PH](=O)O)O[C@H](CO)[C@H](O)[C@@H]1O. The van der Waals surface area contributed by atoms with Gasteiger partial charge in [0.1, 0.15) is 79.2 Å². The zero-order valence-electron chi connectivity index (χ0n) is 72.4. The summed E-state index contributed by atoms with van der Waals surface area (Å²) in [6.45, 7) is 3.16. The molecule has 0 saturated carbocycles. The molecule has 0 aromatic heterocycles. The topological polar surface area (TPSA) is 634 Å². The van der Waals surface area contributed by atoms with E-state index in [0.29, 0.717) is 70.6 Å². The lowest BCUT2D eigenvalue weighted by molar-refractivity contribution is -0.270. The van der Waals surface area contributed by atoms with E-state index < -0.39 is 168 Å². The Morgan fingerprint density at radius 1 is 0.384 bits per heavy atom. The predicted octanol–water partition coefficient (Wildman–Crippen LogP) is -4.93. The van der Waals surface area contributed by atoms with Gasteiger partial charge in [0.25, 0.3) is 0 Å². The van der Waals surface area contributed by atoms with Crippen LogP contribution in [0.4, 0.5) is 0 Å². The molecule has 21 atom stereocenters. The summed E-state index contributed by atoms with van der Waals surface area (Å²) >= 11 is 0. The van der Waals surface area contributed by atoms with E-state index in [1.54, 1.807) is 4.90 Å². The summed E-state index contributed by atoms with van der Waals surface area (Å²) in [4.78, 5) is 153. The number of carbonyl (C=O) groups excluding carboxylic acids is 11. The summed E-state index contributed by atoms with van der Waals surface area (Å²) in [6.07, 6.45) is -7.40. The van der Waals surface area contributed by atoms with Crippen molar-refractivity contribution in [1.82, 2.24) is 57.7 Å². The Morgan fingerprint density at radius 2 is 0.720 bits per heavy atom. The number of likely N-dealkylation sites (tertiary alicyclic amines) is 2. The molecule has 5 aliphatic rings. The first-order valence-electron chi connectivity index (χ1n) is 44.0. The van der Waals surface area contributed by atoms with Crippen LogP contribution in [0, 0.1) is 0 Å². The Kier molecular flexibility index (Phi) is 54.1. The molecule has 1 unspecified atom stereocenters. The summed E-state index contributed by atoms with van der Waals surface area (Å²) in [5, 5.41) is 126. The monoisotopic (exact) mass is 1820 g/mol. The molecule has 20 N–H and O–H groups in total. The maximum absolute atomic E-state index is 14.5. The smallest absolute Gasteiger partial charge is 0.316 e. The van der Waals surface area contributed by atoms with Gasteiger partial charge in [-0.15, -0.1) is 0 Å². The number of piperidine rings is 1. The van der Waals surface area contributed by atoms with Gasteiger partial charge >= 0.3 is 8.25 Å². The van der Waals surface area contributed by atoms with Crippen LogP contribution in [-0.4, -0.2) is 378 Å². The number of aliphatic hydroxyl groups is 10. The Hall–Kier alpha value is -6.44. The van der Waals surface area contributed by atoms with E-state index in [4.69, 9.17) is 52.0 Å². The number of hydrogen-bond acceptors (Lipinski definition) is 32. The van der Waals surface area contributed by atoms with Gasteiger partial charge in [0.05, 0.1) is 77.1 Å². The number of nitrogens with zero attached hydrogens (tertiary/aromatic N) is 2. The average molecular weight is 1820 g/mol. The highest BCUT2D eigenvalue weighted by molar-refractivity contribution is 7.32. The first-order chi connectivity index (χ1) is 60.0. The van der Waals surface area contributed by atoms with E-state index in [0.717, 1.165) is 38.5 Å². The molecular formula is C80H142N11O33P. The molecule has 11 amide bonds. The van der Waals surface area contributed by atoms with Crippen LogP contribution in [0.3, 0.4) is 0 Å². The van der Waals surface area contributed by atoms with Crippen LogP contribution < -0.4 is 47.9 Å². The van der Waals surface area contributed by atoms with E-state index in [-0.39, 0.29) is 217 Å². The second kappa shape index (κ2) is 62.0. The highest BCUT2D eigenvalue weighted by Gasteiger charge is 2.49. The molecule has 0 aromatic rings. The molecule has 44 nitrogen and oxygen atoms in total. The number of hydrogen-bond donors (Lipinski definition) is 20. The van der Waals surface area contributed by atoms with Gasteiger partial charge in [-0.3, -0.25) is 57.3 Å². The highest BCUT2D eigenvalue weighted by atomic mass is 31.1. The third-order valence-electron chi connectivity index (χ3n) is 21.8. The standard InChI is InChI=1S/C80H142N11O33P/c1-50(95)87-68-74(110)71(107)57(45-92)122-78(68)118-37-15-12-21-60(99)81-30-18-33-84-63(102)27-40-115-49-55-77(117-42-29-65(104)86-35-20-32-83-62(101)23-14-17-39-120-80-70(89-52(3)97)76(112)73(109)59(47-94)124-80)56(26-36-90(55)66(105)24-10-8-6-4-5-7-9-11-25-67(106)91-44-54(98)43-53(91)48-121-125(113)114)116-41-28-64(103)85-34-19-31-82-61(100)22-13-16-38-119-79-69(88-51(2)96)75(111)72(108)58(46-93)123-79/h53-59,68-80,92-94,98,107-112,125H,4-49H2,1-3H3,(H,81,99)(H,82,100)(H,83,101)(H,84,102)(H,85,103)(H,86,104)(H,87,95)(H,88,96)(H,89,97)(H,113,114)/t53-,54+,55+,56+,57+,58+,59+,68+,69+,70+,71-,72-,73-,74+,75+,76+,77+,78+,79+,80+/m0/s1. The van der Waals surface area contributed by atoms with Crippen LogP contribution in [0.2, 0.25) is 0 Å². The zero-order valence-corrected chi connectivity index (χ0v) is 73.4. The van der Waals surface area contributed by atoms with E-state index in [1.165, 1.54) is 25.7 Å². The molecule has 720 valence electrons. The molecule has 5 saturated heterocycles. The first kappa shape index (κ1) is 109. The maximum Gasteiger partial charge on any atom is 0.316 e. The lowest BCUT2D eigenvalue weighted by atomic mass is 9.95. The summed E-state index contributed by atoms with van der Waals surface area (Å²) in [5.41, 5.74) is 0. The summed E-state index contributed by atoms with van der Waals surface area (Å²) < 4.78 is 69.1. The molecule has 0 bridgehead atoms. The van der Waals surface area contributed by atoms with Gasteiger partial charge in [-0.25, -0.2) is 0 Å². The molecule has 45 heteroatoms. The van der Waals surface area contributed by atoms with E-state index >= 15 is 0 Å². The van der Waals surface area contributed by atoms with Crippen molar-refractivity contribution in [3.8, 4) is 0 Å². The molecule has 0 radical (unpaired) electrons. The molecule has 0 aromatic carbocycles. The number of rotatable bonds is 63. The number of unbranched alkanes of at least 4 members (excludes halogenated alkanes) is 10. The van der Waals surface area contributed by atoms with Gasteiger partial charge in [0, 0.05) is 144 Å². The fourth-order valence-corrected chi connectivity index (χ4v) is 15.4. The number of nitrogens with one attached hydrogen (secondary N) is 9. The van der Waals surface area contributed by atoms with Crippen LogP contribution in [0.5, 0.6) is 0 Å². The second-order valence-corrected chi connectivity index (χ2v) is 32.8. The van der Waals surface area contributed by atoms with Crippen LogP contribution in [0.25, 0.3) is 0 Å². The van der Waals surface area contributed by atoms with Crippen molar-refractivity contribution < 1.29 is 160 Å². The molecule has 5 aliphatic heterocycles. The second-order valence-electron chi connectivity index (χ2n) is 32.0. The zero-order chi connectivity index (χ0) is 91.6. The number of amides is 11. The molecular weight excluding hydrogens is 1670 g/mol. The lowest BCUT2D eigenvalue weighted by Gasteiger charge is -2.45. The molecule has 125 heavy (non-hydrogen) atoms.